The number of amides is 1. The predicted octanol–water partition coefficient (Wildman–Crippen LogP) is 2.91. The molecule has 2 atom stereocenters. The Labute approximate surface area is 122 Å². The first-order chi connectivity index (χ1) is 10.0. The SMILES string of the molecule is Cc1cccc(OC(F)F)c1NC(=O)[C@@H]1CCC[C@@H]1CN. The number of aryl methyl sites for hydroxylation is 1. The average Bonchev–Trinajstić information content (AvgIpc) is 2.90. The van der Waals surface area contributed by atoms with Crippen LogP contribution in [0.3, 0.4) is 0 Å². The van der Waals surface area contributed by atoms with Gasteiger partial charge in [0.05, 0.1) is 5.69 Å². The molecule has 1 fully saturated rings. The summed E-state index contributed by atoms with van der Waals surface area (Å²) in [5.74, 6) is -0.181. The first kappa shape index (κ1) is 15.7. The molecule has 0 bridgehead atoms. The second-order valence-corrected chi connectivity index (χ2v) is 5.35. The van der Waals surface area contributed by atoms with Gasteiger partial charge in [0.2, 0.25) is 5.91 Å². The van der Waals surface area contributed by atoms with Crippen LogP contribution in [-0.4, -0.2) is 19.1 Å². The lowest BCUT2D eigenvalue weighted by Crippen LogP contribution is -2.30. The zero-order chi connectivity index (χ0) is 15.4. The number of alkyl halides is 2. The monoisotopic (exact) mass is 298 g/mol. The number of ether oxygens (including phenoxy) is 1. The highest BCUT2D eigenvalue weighted by Gasteiger charge is 2.32. The lowest BCUT2D eigenvalue weighted by Gasteiger charge is -2.20. The quantitative estimate of drug-likeness (QED) is 0.878. The lowest BCUT2D eigenvalue weighted by atomic mass is 9.95. The van der Waals surface area contributed by atoms with Gasteiger partial charge >= 0.3 is 6.61 Å². The molecule has 0 unspecified atom stereocenters. The third-order valence-corrected chi connectivity index (χ3v) is 4.00. The smallest absolute Gasteiger partial charge is 0.387 e. The van der Waals surface area contributed by atoms with Crippen molar-refractivity contribution in [1.82, 2.24) is 0 Å². The first-order valence-corrected chi connectivity index (χ1v) is 7.08. The van der Waals surface area contributed by atoms with Gasteiger partial charge in [0, 0.05) is 5.92 Å². The van der Waals surface area contributed by atoms with Gasteiger partial charge in [-0.05, 0) is 43.9 Å². The molecular weight excluding hydrogens is 278 g/mol. The number of para-hydroxylation sites is 1. The largest absolute Gasteiger partial charge is 0.433 e. The molecule has 0 saturated heterocycles. The molecule has 2 rings (SSSR count). The fourth-order valence-electron chi connectivity index (χ4n) is 2.88. The number of carbonyl (C=O) groups is 1. The van der Waals surface area contributed by atoms with Gasteiger partial charge in [-0.2, -0.15) is 8.78 Å². The Balaban J connectivity index is 2.16. The summed E-state index contributed by atoms with van der Waals surface area (Å²) in [5.41, 5.74) is 6.67. The maximum atomic E-state index is 12.4. The second kappa shape index (κ2) is 6.85. The van der Waals surface area contributed by atoms with Crippen molar-refractivity contribution in [2.75, 3.05) is 11.9 Å². The molecule has 4 nitrogen and oxygen atoms in total. The van der Waals surface area contributed by atoms with Crippen molar-refractivity contribution < 1.29 is 18.3 Å². The van der Waals surface area contributed by atoms with Gasteiger partial charge in [-0.15, -0.1) is 0 Å². The number of halogens is 2. The molecule has 0 radical (unpaired) electrons. The summed E-state index contributed by atoms with van der Waals surface area (Å²) in [6.07, 6.45) is 2.68. The number of carbonyl (C=O) groups excluding carboxylic acids is 1. The van der Waals surface area contributed by atoms with Crippen LogP contribution in [0.5, 0.6) is 5.75 Å². The zero-order valence-electron chi connectivity index (χ0n) is 11.9. The molecule has 3 N–H and O–H groups in total. The van der Waals surface area contributed by atoms with Gasteiger partial charge in [0.1, 0.15) is 5.75 Å². The van der Waals surface area contributed by atoms with E-state index in [0.29, 0.717) is 17.8 Å². The average molecular weight is 298 g/mol. The number of nitrogens with two attached hydrogens (primary N) is 1. The molecule has 0 spiro atoms. The minimum Gasteiger partial charge on any atom is -0.433 e. The molecular formula is C15H20F2N2O2. The maximum absolute atomic E-state index is 12.4. The van der Waals surface area contributed by atoms with E-state index in [0.717, 1.165) is 19.3 Å². The summed E-state index contributed by atoms with van der Waals surface area (Å²) in [6, 6.07) is 4.77. The molecule has 6 heteroatoms. The van der Waals surface area contributed by atoms with Crippen molar-refractivity contribution in [1.29, 1.82) is 0 Å². The minimum absolute atomic E-state index is 0.0133. The summed E-state index contributed by atoms with van der Waals surface area (Å²) in [5, 5.41) is 2.74. The summed E-state index contributed by atoms with van der Waals surface area (Å²) in [7, 11) is 0. The molecule has 1 saturated carbocycles. The molecule has 0 aromatic heterocycles. The molecule has 0 aliphatic heterocycles. The van der Waals surface area contributed by atoms with E-state index in [1.54, 1.807) is 19.1 Å². The van der Waals surface area contributed by atoms with Gasteiger partial charge < -0.3 is 15.8 Å². The van der Waals surface area contributed by atoms with Crippen molar-refractivity contribution in [3.8, 4) is 5.75 Å². The van der Waals surface area contributed by atoms with Gasteiger partial charge in [-0.1, -0.05) is 18.6 Å². The van der Waals surface area contributed by atoms with E-state index in [-0.39, 0.29) is 23.5 Å². The van der Waals surface area contributed by atoms with Crippen molar-refractivity contribution >= 4 is 11.6 Å². The molecule has 1 amide bonds. The zero-order valence-corrected chi connectivity index (χ0v) is 11.9. The topological polar surface area (TPSA) is 64.3 Å². The fourth-order valence-corrected chi connectivity index (χ4v) is 2.88. The third kappa shape index (κ3) is 3.69. The summed E-state index contributed by atoms with van der Waals surface area (Å²) >= 11 is 0. The van der Waals surface area contributed by atoms with E-state index < -0.39 is 6.61 Å². The Morgan fingerprint density at radius 2 is 2.24 bits per heavy atom. The fraction of sp³-hybridized carbons (Fsp3) is 0.533. The van der Waals surface area contributed by atoms with Crippen molar-refractivity contribution in [3.63, 3.8) is 0 Å². The van der Waals surface area contributed by atoms with E-state index in [4.69, 9.17) is 5.73 Å². The third-order valence-electron chi connectivity index (χ3n) is 4.00. The molecule has 1 aromatic carbocycles. The van der Waals surface area contributed by atoms with Crippen LogP contribution in [0.25, 0.3) is 0 Å². The van der Waals surface area contributed by atoms with E-state index in [9.17, 15) is 13.6 Å². The first-order valence-electron chi connectivity index (χ1n) is 7.08. The minimum atomic E-state index is -2.93. The highest BCUT2D eigenvalue weighted by atomic mass is 19.3. The van der Waals surface area contributed by atoms with Crippen molar-refractivity contribution in [2.24, 2.45) is 17.6 Å². The van der Waals surface area contributed by atoms with Crippen LogP contribution in [0.2, 0.25) is 0 Å². The van der Waals surface area contributed by atoms with Crippen molar-refractivity contribution in [2.45, 2.75) is 32.8 Å². The van der Waals surface area contributed by atoms with Gasteiger partial charge in [-0.3, -0.25) is 4.79 Å². The molecule has 1 aromatic rings. The predicted molar refractivity (Wildman–Crippen MR) is 76.3 cm³/mol. The Bertz CT molecular complexity index is 508. The van der Waals surface area contributed by atoms with Crippen LogP contribution < -0.4 is 15.8 Å². The Hall–Kier alpha value is -1.69. The van der Waals surface area contributed by atoms with Crippen molar-refractivity contribution in [3.05, 3.63) is 23.8 Å². The van der Waals surface area contributed by atoms with E-state index in [2.05, 4.69) is 10.1 Å². The summed E-state index contributed by atoms with van der Waals surface area (Å²) in [4.78, 5) is 12.4. The van der Waals surface area contributed by atoms with Gasteiger partial charge in [0.15, 0.2) is 0 Å². The summed E-state index contributed by atoms with van der Waals surface area (Å²) < 4.78 is 29.3. The molecule has 1 aliphatic carbocycles. The van der Waals surface area contributed by atoms with E-state index in [1.807, 2.05) is 0 Å². The normalized spacial score (nSPS) is 21.6. The molecule has 21 heavy (non-hydrogen) atoms. The number of benzene rings is 1. The second-order valence-electron chi connectivity index (χ2n) is 5.35. The van der Waals surface area contributed by atoms with E-state index >= 15 is 0 Å². The summed E-state index contributed by atoms with van der Waals surface area (Å²) in [6.45, 7) is -0.722. The number of anilines is 1. The highest BCUT2D eigenvalue weighted by molar-refractivity contribution is 5.95. The Morgan fingerprint density at radius 3 is 2.90 bits per heavy atom. The van der Waals surface area contributed by atoms with E-state index in [1.165, 1.54) is 6.07 Å². The maximum Gasteiger partial charge on any atom is 0.387 e. The van der Waals surface area contributed by atoms with Crippen LogP contribution in [0.1, 0.15) is 24.8 Å². The van der Waals surface area contributed by atoms with Crippen LogP contribution in [0.4, 0.5) is 14.5 Å². The highest BCUT2D eigenvalue weighted by Crippen LogP contribution is 2.34. The van der Waals surface area contributed by atoms with Crippen LogP contribution in [0, 0.1) is 18.8 Å². The Morgan fingerprint density at radius 1 is 1.48 bits per heavy atom. The number of hydrogen-bond donors (Lipinski definition) is 2. The number of hydrogen-bond acceptors (Lipinski definition) is 3. The Kier molecular flexibility index (Phi) is 5.12. The number of rotatable bonds is 5. The van der Waals surface area contributed by atoms with Crippen LogP contribution in [-0.2, 0) is 4.79 Å². The van der Waals surface area contributed by atoms with Crippen LogP contribution >= 0.6 is 0 Å². The lowest BCUT2D eigenvalue weighted by molar-refractivity contribution is -0.120. The van der Waals surface area contributed by atoms with Gasteiger partial charge in [-0.25, -0.2) is 0 Å². The standard InChI is InChI=1S/C15H20F2N2O2/c1-9-4-2-7-12(21-15(16)17)13(9)19-14(20)11-6-3-5-10(11)8-18/h2,4,7,10-11,15H,3,5-6,8,18H2,1H3,(H,19,20)/t10-,11-/m1/s1. The molecule has 0 heterocycles. The van der Waals surface area contributed by atoms with Crippen LogP contribution in [0.15, 0.2) is 18.2 Å². The molecule has 1 aliphatic rings. The van der Waals surface area contributed by atoms with Gasteiger partial charge in [0.25, 0.3) is 0 Å². The molecule has 116 valence electrons. The number of nitrogens with one attached hydrogen (secondary N) is 1.